The minimum Gasteiger partial charge on any atom is -0.480 e. The number of aliphatic carboxylic acids is 1. The highest BCUT2D eigenvalue weighted by atomic mass is 32.2. The molecule has 0 saturated carbocycles. The van der Waals surface area contributed by atoms with Gasteiger partial charge in [0.15, 0.2) is 9.84 Å². The van der Waals surface area contributed by atoms with Crippen molar-refractivity contribution in [3.63, 3.8) is 0 Å². The van der Waals surface area contributed by atoms with Crippen LogP contribution in [0.5, 0.6) is 0 Å². The zero-order valence-electron chi connectivity index (χ0n) is 14.1. The van der Waals surface area contributed by atoms with Gasteiger partial charge in [0.25, 0.3) is 5.91 Å². The fraction of sp³-hybridized carbons (Fsp3) is 0.529. The molecule has 1 heterocycles. The van der Waals surface area contributed by atoms with E-state index in [0.717, 1.165) is 6.42 Å². The lowest BCUT2D eigenvalue weighted by molar-refractivity contribution is -0.144. The van der Waals surface area contributed by atoms with E-state index >= 15 is 0 Å². The third kappa shape index (κ3) is 3.61. The Balaban J connectivity index is 2.25. The van der Waals surface area contributed by atoms with Gasteiger partial charge in [0, 0.05) is 12.1 Å². The number of benzene rings is 1. The monoisotopic (exact) mass is 353 g/mol. The Labute approximate surface area is 142 Å². The minimum atomic E-state index is -3.39. The number of amides is 1. The number of hydrogen-bond donors (Lipinski definition) is 1. The molecule has 6 nitrogen and oxygen atoms in total. The van der Waals surface area contributed by atoms with Gasteiger partial charge < -0.3 is 10.0 Å². The van der Waals surface area contributed by atoms with Gasteiger partial charge in [-0.15, -0.1) is 0 Å². The third-order valence-corrected chi connectivity index (χ3v) is 6.63. The number of nitrogens with zero attached hydrogens (tertiary/aromatic N) is 1. The molecule has 0 radical (unpaired) electrons. The Bertz CT molecular complexity index is 724. The molecule has 1 aliphatic rings. The van der Waals surface area contributed by atoms with Gasteiger partial charge in [-0.1, -0.05) is 6.92 Å². The lowest BCUT2D eigenvalue weighted by atomic mass is 9.92. The number of piperidine rings is 1. The smallest absolute Gasteiger partial charge is 0.326 e. The fourth-order valence-electron chi connectivity index (χ4n) is 2.84. The van der Waals surface area contributed by atoms with Crippen LogP contribution in [-0.2, 0) is 14.6 Å². The highest BCUT2D eigenvalue weighted by Gasteiger charge is 2.35. The largest absolute Gasteiger partial charge is 0.480 e. The van der Waals surface area contributed by atoms with Crippen LogP contribution in [0.25, 0.3) is 0 Å². The number of sulfone groups is 1. The molecule has 1 amide bonds. The highest BCUT2D eigenvalue weighted by molar-refractivity contribution is 7.92. The van der Waals surface area contributed by atoms with E-state index in [4.69, 9.17) is 0 Å². The molecule has 1 saturated heterocycles. The van der Waals surface area contributed by atoms with Crippen LogP contribution in [0.2, 0.25) is 0 Å². The first-order valence-electron chi connectivity index (χ1n) is 8.02. The SMILES string of the molecule is CC1CCN(C(=O)c2ccc(S(=O)(=O)C(C)C)cc2)C(C(=O)O)C1. The van der Waals surface area contributed by atoms with Crippen molar-refractivity contribution in [2.75, 3.05) is 6.54 Å². The lowest BCUT2D eigenvalue weighted by Gasteiger charge is -2.36. The van der Waals surface area contributed by atoms with Crippen molar-refractivity contribution in [3.05, 3.63) is 29.8 Å². The second-order valence-electron chi connectivity index (χ2n) is 6.60. The van der Waals surface area contributed by atoms with E-state index in [9.17, 15) is 23.1 Å². The molecule has 0 bridgehead atoms. The lowest BCUT2D eigenvalue weighted by Crippen LogP contribution is -2.49. The fourth-order valence-corrected chi connectivity index (χ4v) is 3.90. The van der Waals surface area contributed by atoms with Gasteiger partial charge in [-0.05, 0) is 56.9 Å². The summed E-state index contributed by atoms with van der Waals surface area (Å²) >= 11 is 0. The van der Waals surface area contributed by atoms with E-state index in [-0.39, 0.29) is 16.7 Å². The molecule has 0 spiro atoms. The molecule has 132 valence electrons. The molecular formula is C17H23NO5S. The third-order valence-electron chi connectivity index (χ3n) is 4.46. The maximum Gasteiger partial charge on any atom is 0.326 e. The number of carbonyl (C=O) groups is 2. The molecule has 1 aromatic carbocycles. The van der Waals surface area contributed by atoms with Crippen LogP contribution in [-0.4, -0.2) is 48.1 Å². The summed E-state index contributed by atoms with van der Waals surface area (Å²) in [5.41, 5.74) is 0.304. The molecule has 1 N–H and O–H groups in total. The zero-order chi connectivity index (χ0) is 18.1. The van der Waals surface area contributed by atoms with Gasteiger partial charge in [-0.3, -0.25) is 4.79 Å². The molecule has 1 aromatic rings. The Morgan fingerprint density at radius 3 is 2.29 bits per heavy atom. The molecule has 2 rings (SSSR count). The quantitative estimate of drug-likeness (QED) is 0.896. The van der Waals surface area contributed by atoms with Crippen molar-refractivity contribution >= 4 is 21.7 Å². The van der Waals surface area contributed by atoms with Crippen LogP contribution in [0.4, 0.5) is 0 Å². The summed E-state index contributed by atoms with van der Waals surface area (Å²) < 4.78 is 24.2. The van der Waals surface area contributed by atoms with Crippen molar-refractivity contribution in [3.8, 4) is 0 Å². The Hall–Kier alpha value is -1.89. The van der Waals surface area contributed by atoms with Crippen LogP contribution in [0.15, 0.2) is 29.2 Å². The summed E-state index contributed by atoms with van der Waals surface area (Å²) in [6.07, 6.45) is 1.19. The van der Waals surface area contributed by atoms with Crippen molar-refractivity contribution in [2.24, 2.45) is 5.92 Å². The van der Waals surface area contributed by atoms with Crippen LogP contribution in [0, 0.1) is 5.92 Å². The van der Waals surface area contributed by atoms with Gasteiger partial charge in [0.2, 0.25) is 0 Å². The molecule has 0 aliphatic carbocycles. The predicted molar refractivity (Wildman–Crippen MR) is 89.6 cm³/mol. The van der Waals surface area contributed by atoms with Crippen molar-refractivity contribution in [2.45, 2.75) is 49.8 Å². The number of carboxylic acids is 1. The maximum absolute atomic E-state index is 12.6. The molecule has 24 heavy (non-hydrogen) atoms. The first-order chi connectivity index (χ1) is 11.1. The molecular weight excluding hydrogens is 330 g/mol. The van der Waals surface area contributed by atoms with E-state index in [2.05, 4.69) is 0 Å². The van der Waals surface area contributed by atoms with Gasteiger partial charge >= 0.3 is 5.97 Å². The molecule has 0 aromatic heterocycles. The van der Waals surface area contributed by atoms with E-state index in [1.807, 2.05) is 6.92 Å². The van der Waals surface area contributed by atoms with Gasteiger partial charge in [-0.2, -0.15) is 0 Å². The van der Waals surface area contributed by atoms with Crippen LogP contribution >= 0.6 is 0 Å². The van der Waals surface area contributed by atoms with Crippen molar-refractivity contribution in [1.82, 2.24) is 4.90 Å². The average molecular weight is 353 g/mol. The maximum atomic E-state index is 12.6. The van der Waals surface area contributed by atoms with E-state index in [1.54, 1.807) is 13.8 Å². The number of carbonyl (C=O) groups excluding carboxylic acids is 1. The van der Waals surface area contributed by atoms with Crippen LogP contribution < -0.4 is 0 Å². The normalized spacial score (nSPS) is 21.8. The molecule has 2 atom stereocenters. The summed E-state index contributed by atoms with van der Waals surface area (Å²) in [7, 11) is -3.39. The molecule has 2 unspecified atom stereocenters. The van der Waals surface area contributed by atoms with Crippen molar-refractivity contribution < 1.29 is 23.1 Å². The summed E-state index contributed by atoms with van der Waals surface area (Å²) in [4.78, 5) is 25.6. The second kappa shape index (κ2) is 6.93. The summed E-state index contributed by atoms with van der Waals surface area (Å²) in [5, 5.41) is 8.82. The number of likely N-dealkylation sites (tertiary alicyclic amines) is 1. The predicted octanol–water partition coefficient (Wildman–Crippen LogP) is 2.19. The molecule has 1 aliphatic heterocycles. The van der Waals surface area contributed by atoms with Gasteiger partial charge in [0.1, 0.15) is 6.04 Å². The van der Waals surface area contributed by atoms with Crippen LogP contribution in [0.1, 0.15) is 44.0 Å². The number of rotatable bonds is 4. The number of hydrogen-bond acceptors (Lipinski definition) is 4. The van der Waals surface area contributed by atoms with Crippen molar-refractivity contribution in [1.29, 1.82) is 0 Å². The van der Waals surface area contributed by atoms with E-state index < -0.39 is 27.1 Å². The van der Waals surface area contributed by atoms with Gasteiger partial charge in [-0.25, -0.2) is 13.2 Å². The number of carboxylic acid groups (broad SMARTS) is 1. The Morgan fingerprint density at radius 2 is 1.79 bits per heavy atom. The Morgan fingerprint density at radius 1 is 1.21 bits per heavy atom. The average Bonchev–Trinajstić information content (AvgIpc) is 2.54. The first kappa shape index (κ1) is 18.4. The summed E-state index contributed by atoms with van der Waals surface area (Å²) in [5.74, 6) is -1.12. The first-order valence-corrected chi connectivity index (χ1v) is 9.57. The highest BCUT2D eigenvalue weighted by Crippen LogP contribution is 2.25. The molecule has 7 heteroatoms. The summed E-state index contributed by atoms with van der Waals surface area (Å²) in [6, 6.07) is 4.89. The summed E-state index contributed by atoms with van der Waals surface area (Å²) in [6.45, 7) is 5.56. The minimum absolute atomic E-state index is 0.163. The molecule has 1 fully saturated rings. The standard InChI is InChI=1S/C17H23NO5S/c1-11(2)24(22,23)14-6-4-13(5-7-14)16(19)18-9-8-12(3)10-15(18)17(20)21/h4-7,11-12,15H,8-10H2,1-3H3,(H,20,21). The zero-order valence-corrected chi connectivity index (χ0v) is 14.9. The Kier molecular flexibility index (Phi) is 5.32. The van der Waals surface area contributed by atoms with E-state index in [0.29, 0.717) is 18.5 Å². The van der Waals surface area contributed by atoms with E-state index in [1.165, 1.54) is 29.2 Å². The van der Waals surface area contributed by atoms with Gasteiger partial charge in [0.05, 0.1) is 10.1 Å². The topological polar surface area (TPSA) is 91.8 Å². The second-order valence-corrected chi connectivity index (χ2v) is 9.10. The van der Waals surface area contributed by atoms with Crippen LogP contribution in [0.3, 0.4) is 0 Å².